The highest BCUT2D eigenvalue weighted by Crippen LogP contribution is 2.47. The van der Waals surface area contributed by atoms with E-state index >= 15 is 0 Å². The lowest BCUT2D eigenvalue weighted by atomic mass is 9.93. The molecule has 0 saturated heterocycles. The molecule has 0 unspecified atom stereocenters. The first-order valence-corrected chi connectivity index (χ1v) is 5.65. The Kier molecular flexibility index (Phi) is 3.53. The molecule has 0 aliphatic heterocycles. The molecule has 1 aliphatic carbocycles. The van der Waals surface area contributed by atoms with E-state index < -0.39 is 28.5 Å². The van der Waals surface area contributed by atoms with Gasteiger partial charge in [0.05, 0.1) is 5.41 Å². The molecule has 0 bridgehead atoms. The lowest BCUT2D eigenvalue weighted by molar-refractivity contribution is -0.152. The number of carbonyl (C=O) groups is 3. The summed E-state index contributed by atoms with van der Waals surface area (Å²) >= 11 is 0. The van der Waals surface area contributed by atoms with Crippen molar-refractivity contribution < 1.29 is 23.9 Å². The summed E-state index contributed by atoms with van der Waals surface area (Å²) in [6, 6.07) is 0. The molecule has 1 aliphatic rings. The maximum Gasteiger partial charge on any atom is 0.442 e. The summed E-state index contributed by atoms with van der Waals surface area (Å²) in [5.41, 5.74) is 6.09. The Labute approximate surface area is 105 Å². The van der Waals surface area contributed by atoms with Crippen molar-refractivity contribution in [3.8, 4) is 0 Å². The molecular formula is C12H16N2O4. The van der Waals surface area contributed by atoms with E-state index in [0.29, 0.717) is 12.8 Å². The molecule has 0 N–H and O–H groups in total. The number of Topliss-reactive ketones (excluding diaryl/α,β-unsaturated/α-hetero) is 2. The summed E-state index contributed by atoms with van der Waals surface area (Å²) in [7, 11) is 0. The van der Waals surface area contributed by atoms with Crippen LogP contribution in [0.5, 0.6) is 0 Å². The summed E-state index contributed by atoms with van der Waals surface area (Å²) in [5.74, 6) is -2.09. The minimum absolute atomic E-state index is 0.322. The van der Waals surface area contributed by atoms with Crippen molar-refractivity contribution in [1.82, 2.24) is 0 Å². The normalized spacial score (nSPS) is 16.4. The topological polar surface area (TPSA) is 96.8 Å². The van der Waals surface area contributed by atoms with Crippen LogP contribution in [0.1, 0.15) is 40.5 Å². The molecule has 6 heteroatoms. The number of nitrogens with zero attached hydrogens (tertiary/aromatic N) is 2. The van der Waals surface area contributed by atoms with Gasteiger partial charge in [0.2, 0.25) is 0 Å². The highest BCUT2D eigenvalue weighted by molar-refractivity contribution is 6.65. The number of ketones is 2. The van der Waals surface area contributed by atoms with Crippen LogP contribution in [0.2, 0.25) is 0 Å². The number of ether oxygens (including phenoxy) is 1. The summed E-state index contributed by atoms with van der Waals surface area (Å²) in [6.45, 7) is 6.17. The van der Waals surface area contributed by atoms with Gasteiger partial charge >= 0.3 is 11.7 Å². The van der Waals surface area contributed by atoms with Crippen molar-refractivity contribution in [3.05, 3.63) is 5.53 Å². The van der Waals surface area contributed by atoms with Gasteiger partial charge in [0.25, 0.3) is 5.78 Å². The van der Waals surface area contributed by atoms with Gasteiger partial charge in [-0.05, 0) is 40.5 Å². The molecule has 0 aromatic carbocycles. The fourth-order valence-corrected chi connectivity index (χ4v) is 1.60. The number of esters is 1. The summed E-state index contributed by atoms with van der Waals surface area (Å²) < 4.78 is 4.95. The van der Waals surface area contributed by atoms with E-state index in [1.54, 1.807) is 20.8 Å². The third kappa shape index (κ3) is 2.71. The zero-order chi connectivity index (χ0) is 14.1. The minimum Gasteiger partial charge on any atom is -0.451 e. The van der Waals surface area contributed by atoms with E-state index in [2.05, 4.69) is 4.79 Å². The molecule has 18 heavy (non-hydrogen) atoms. The number of carbonyl (C=O) groups excluding carboxylic acids is 3. The van der Waals surface area contributed by atoms with Crippen molar-refractivity contribution in [2.24, 2.45) is 5.41 Å². The highest BCUT2D eigenvalue weighted by Gasteiger charge is 2.59. The van der Waals surface area contributed by atoms with Crippen LogP contribution in [0, 0.1) is 5.41 Å². The number of hydrogen-bond donors (Lipinski definition) is 0. The smallest absolute Gasteiger partial charge is 0.442 e. The minimum atomic E-state index is -1.18. The molecule has 6 nitrogen and oxygen atoms in total. The van der Waals surface area contributed by atoms with Crippen LogP contribution in [0.3, 0.4) is 0 Å². The van der Waals surface area contributed by atoms with E-state index in [1.807, 2.05) is 0 Å². The van der Waals surface area contributed by atoms with E-state index in [-0.39, 0.29) is 5.78 Å². The molecule has 0 atom stereocenters. The van der Waals surface area contributed by atoms with Gasteiger partial charge in [-0.2, -0.15) is 4.79 Å². The van der Waals surface area contributed by atoms with Crippen molar-refractivity contribution in [3.63, 3.8) is 0 Å². The van der Waals surface area contributed by atoms with Gasteiger partial charge in [0, 0.05) is 0 Å². The zero-order valence-electron chi connectivity index (χ0n) is 10.9. The molecule has 0 spiro atoms. The van der Waals surface area contributed by atoms with Gasteiger partial charge in [-0.15, -0.1) is 0 Å². The van der Waals surface area contributed by atoms with Gasteiger partial charge in [0.1, 0.15) is 11.4 Å². The molecule has 98 valence electrons. The fourth-order valence-electron chi connectivity index (χ4n) is 1.60. The predicted molar refractivity (Wildman–Crippen MR) is 61.8 cm³/mol. The molecule has 0 aromatic heterocycles. The Morgan fingerprint density at radius 3 is 2.00 bits per heavy atom. The molecular weight excluding hydrogens is 236 g/mol. The molecule has 0 heterocycles. The maximum absolute atomic E-state index is 12.0. The average Bonchev–Trinajstić information content (AvgIpc) is 2.95. The van der Waals surface area contributed by atoms with Crippen LogP contribution in [-0.2, 0) is 19.1 Å². The quantitative estimate of drug-likeness (QED) is 0.244. The van der Waals surface area contributed by atoms with Gasteiger partial charge in [-0.1, -0.05) is 0 Å². The second kappa shape index (κ2) is 4.46. The molecule has 0 radical (unpaired) electrons. The van der Waals surface area contributed by atoms with Crippen molar-refractivity contribution >= 4 is 23.2 Å². The molecule has 0 amide bonds. The Bertz CT molecular complexity index is 463. The van der Waals surface area contributed by atoms with Crippen LogP contribution in [0.15, 0.2) is 0 Å². The predicted octanol–water partition coefficient (Wildman–Crippen LogP) is 0.937. The number of rotatable bonds is 4. The van der Waals surface area contributed by atoms with Gasteiger partial charge in [0.15, 0.2) is 0 Å². The second-order valence-electron chi connectivity index (χ2n) is 5.42. The van der Waals surface area contributed by atoms with Crippen LogP contribution in [0.4, 0.5) is 0 Å². The Hall–Kier alpha value is -1.81. The molecule has 1 rings (SSSR count). The van der Waals surface area contributed by atoms with Crippen molar-refractivity contribution in [2.45, 2.75) is 46.1 Å². The zero-order valence-corrected chi connectivity index (χ0v) is 10.9. The lowest BCUT2D eigenvalue weighted by Gasteiger charge is -2.17. The fraction of sp³-hybridized carbons (Fsp3) is 0.667. The molecule has 1 saturated carbocycles. The van der Waals surface area contributed by atoms with Crippen molar-refractivity contribution in [1.29, 1.82) is 0 Å². The Morgan fingerprint density at radius 1 is 1.22 bits per heavy atom. The Balaban J connectivity index is 2.94. The monoisotopic (exact) mass is 252 g/mol. The molecule has 1 fully saturated rings. The first kappa shape index (κ1) is 14.3. The summed E-state index contributed by atoms with van der Waals surface area (Å²) in [6.07, 6.45) is 0.756. The summed E-state index contributed by atoms with van der Waals surface area (Å²) in [5, 5.41) is 0. The average molecular weight is 252 g/mol. The summed E-state index contributed by atoms with van der Waals surface area (Å²) in [4.78, 5) is 37.8. The van der Waals surface area contributed by atoms with E-state index in [1.165, 1.54) is 6.92 Å². The third-order valence-electron chi connectivity index (χ3n) is 2.77. The van der Waals surface area contributed by atoms with Crippen LogP contribution >= 0.6 is 0 Å². The Morgan fingerprint density at radius 2 is 1.72 bits per heavy atom. The first-order valence-electron chi connectivity index (χ1n) is 5.65. The van der Waals surface area contributed by atoms with Crippen LogP contribution in [0.25, 0.3) is 5.53 Å². The van der Waals surface area contributed by atoms with Crippen molar-refractivity contribution in [2.75, 3.05) is 0 Å². The van der Waals surface area contributed by atoms with Gasteiger partial charge in [-0.3, -0.25) is 9.59 Å². The maximum atomic E-state index is 12.0. The molecule has 0 aromatic rings. The van der Waals surface area contributed by atoms with Crippen LogP contribution < -0.4 is 0 Å². The van der Waals surface area contributed by atoms with Gasteiger partial charge in [-0.25, -0.2) is 4.79 Å². The number of hydrogen-bond acceptors (Lipinski definition) is 4. The largest absolute Gasteiger partial charge is 0.451 e. The standard InChI is InChI=1S/C12H16N2O4/c1-7(15)12(5-6-12)9(16)8(14-13)10(17)18-11(2,3)4/h5-6H2,1-4H3. The highest BCUT2D eigenvalue weighted by atomic mass is 16.6. The second-order valence-corrected chi connectivity index (χ2v) is 5.42. The third-order valence-corrected chi connectivity index (χ3v) is 2.77. The van der Waals surface area contributed by atoms with E-state index in [4.69, 9.17) is 10.3 Å². The lowest BCUT2D eigenvalue weighted by Crippen LogP contribution is -2.39. The SMILES string of the molecule is CC(=O)C1(C(=O)C(=[N+]=[N-])C(=O)OC(C)(C)C)CC1. The first-order chi connectivity index (χ1) is 8.14. The van der Waals surface area contributed by atoms with Crippen LogP contribution in [-0.4, -0.2) is 33.6 Å². The van der Waals surface area contributed by atoms with Gasteiger partial charge < -0.3 is 10.3 Å². The van der Waals surface area contributed by atoms with E-state index in [9.17, 15) is 14.4 Å². The van der Waals surface area contributed by atoms with E-state index in [0.717, 1.165) is 0 Å².